The number of likely N-dealkylation sites (N-methyl/N-ethyl adjacent to an activating group) is 1. The monoisotopic (exact) mass is 722 g/mol. The third-order valence-corrected chi connectivity index (χ3v) is 12.8. The molecule has 1 aliphatic rings. The zero-order valence-electron chi connectivity index (χ0n) is 22.1. The number of nitrogens with zero attached hydrogens (tertiary/aromatic N) is 2. The molecule has 1 unspecified atom stereocenters. The van der Waals surface area contributed by atoms with Crippen LogP contribution in [0, 0.1) is 6.92 Å². The van der Waals surface area contributed by atoms with Crippen LogP contribution in [-0.4, -0.2) is 15.5 Å². The van der Waals surface area contributed by atoms with Crippen molar-refractivity contribution < 1.29 is 17.4 Å². The molecule has 3 aromatic carbocycles. The van der Waals surface area contributed by atoms with Gasteiger partial charge in [-0.15, -0.1) is 4.15 Å². The number of hydrogen-bond acceptors (Lipinski definition) is 5. The zero-order valence-corrected chi connectivity index (χ0v) is 27.7. The lowest BCUT2D eigenvalue weighted by molar-refractivity contribution is 0.546. The van der Waals surface area contributed by atoms with Crippen LogP contribution in [0.1, 0.15) is 25.2 Å². The van der Waals surface area contributed by atoms with Crippen LogP contribution in [0.3, 0.4) is 0 Å². The standard InChI is InChI=1S/C29H26Br2ClN2O4PS/c1-19-9-16-28(37-19)39(38-26-15-10-20(30)17-24(26)31,33-40(35,36)22-13-11-21(32)12-14-22)18-27-29(2,3)23-7-5-6-8-25(23)34(27)4/h5-18H,1-4H3/b27-18-. The molecule has 0 fully saturated rings. The van der Waals surface area contributed by atoms with Gasteiger partial charge < -0.3 is 13.8 Å². The largest absolute Gasteiger partial charge is 0.456 e. The molecule has 6 nitrogen and oxygen atoms in total. The van der Waals surface area contributed by atoms with Crippen LogP contribution in [0.25, 0.3) is 0 Å². The lowest BCUT2D eigenvalue weighted by Crippen LogP contribution is -2.24. The van der Waals surface area contributed by atoms with E-state index in [-0.39, 0.29) is 4.90 Å². The Morgan fingerprint density at radius 3 is 2.35 bits per heavy atom. The van der Waals surface area contributed by atoms with Crippen LogP contribution in [0.4, 0.5) is 5.69 Å². The summed E-state index contributed by atoms with van der Waals surface area (Å²) in [6.45, 7) is 6.01. The third-order valence-electron chi connectivity index (χ3n) is 6.75. The van der Waals surface area contributed by atoms with Crippen molar-refractivity contribution in [2.75, 3.05) is 11.9 Å². The molecule has 0 saturated carbocycles. The summed E-state index contributed by atoms with van der Waals surface area (Å²) in [4.78, 5) is 2.06. The molecule has 1 atom stereocenters. The van der Waals surface area contributed by atoms with Crippen molar-refractivity contribution in [3.8, 4) is 5.75 Å². The Bertz CT molecular complexity index is 1800. The first-order valence-corrected chi connectivity index (χ1v) is 17.4. The van der Waals surface area contributed by atoms with Gasteiger partial charge in [0.25, 0.3) is 10.0 Å². The second-order valence-corrected chi connectivity index (χ2v) is 16.3. The maximum Gasteiger partial charge on any atom is 0.284 e. The Hall–Kier alpha value is -2.29. The van der Waals surface area contributed by atoms with E-state index in [1.54, 1.807) is 25.1 Å². The summed E-state index contributed by atoms with van der Waals surface area (Å²) in [5.41, 5.74) is 2.84. The van der Waals surface area contributed by atoms with Gasteiger partial charge in [0, 0.05) is 39.2 Å². The highest BCUT2D eigenvalue weighted by Gasteiger charge is 2.42. The number of benzene rings is 3. The van der Waals surface area contributed by atoms with E-state index in [0.29, 0.717) is 26.5 Å². The first-order chi connectivity index (χ1) is 18.8. The predicted molar refractivity (Wildman–Crippen MR) is 169 cm³/mol. The number of halogens is 3. The number of para-hydroxylation sites is 1. The number of hydrogen-bond donors (Lipinski definition) is 0. The molecule has 0 amide bonds. The topological polar surface area (TPSA) is 72.1 Å². The fourth-order valence-corrected chi connectivity index (χ4v) is 11.0. The van der Waals surface area contributed by atoms with Crippen LogP contribution < -0.4 is 14.9 Å². The van der Waals surface area contributed by atoms with Crippen molar-refractivity contribution in [1.82, 2.24) is 0 Å². The minimum Gasteiger partial charge on any atom is -0.456 e. The third kappa shape index (κ3) is 5.47. The maximum absolute atomic E-state index is 13.9. The molecule has 1 aliphatic heterocycles. The Kier molecular flexibility index (Phi) is 7.92. The second kappa shape index (κ2) is 10.8. The van der Waals surface area contributed by atoms with Crippen molar-refractivity contribution in [3.05, 3.63) is 116 Å². The van der Waals surface area contributed by atoms with Crippen molar-refractivity contribution in [3.63, 3.8) is 0 Å². The van der Waals surface area contributed by atoms with Gasteiger partial charge in [0.15, 0.2) is 5.50 Å². The van der Waals surface area contributed by atoms with E-state index in [2.05, 4.69) is 60.8 Å². The Balaban J connectivity index is 1.85. The van der Waals surface area contributed by atoms with Gasteiger partial charge in [-0.25, -0.2) is 0 Å². The minimum absolute atomic E-state index is 0.00347. The average molecular weight is 725 g/mol. The maximum atomic E-state index is 13.9. The Labute approximate surface area is 256 Å². The molecule has 0 bridgehead atoms. The van der Waals surface area contributed by atoms with E-state index < -0.39 is 22.7 Å². The van der Waals surface area contributed by atoms with Gasteiger partial charge in [-0.3, -0.25) is 0 Å². The summed E-state index contributed by atoms with van der Waals surface area (Å²) < 4.78 is 46.8. The van der Waals surface area contributed by atoms with Gasteiger partial charge >= 0.3 is 0 Å². The van der Waals surface area contributed by atoms with E-state index in [4.69, 9.17) is 20.5 Å². The van der Waals surface area contributed by atoms with Crippen molar-refractivity contribution in [2.24, 2.45) is 4.15 Å². The molecule has 4 aromatic rings. The average Bonchev–Trinajstić information content (AvgIpc) is 3.42. The van der Waals surface area contributed by atoms with E-state index >= 15 is 0 Å². The van der Waals surface area contributed by atoms with E-state index in [1.165, 1.54) is 24.3 Å². The molecular weight excluding hydrogens is 699 g/mol. The lowest BCUT2D eigenvalue weighted by atomic mass is 9.84. The Morgan fingerprint density at radius 1 is 1.02 bits per heavy atom. The zero-order chi connectivity index (χ0) is 28.9. The van der Waals surface area contributed by atoms with Crippen LogP contribution in [0.15, 0.2) is 113 Å². The number of fused-ring (bicyclic) bond motifs is 1. The molecule has 0 saturated heterocycles. The number of sulfonamides is 1. The quantitative estimate of drug-likeness (QED) is 0.186. The van der Waals surface area contributed by atoms with E-state index in [1.807, 2.05) is 43.2 Å². The molecule has 40 heavy (non-hydrogen) atoms. The fourth-order valence-electron chi connectivity index (χ4n) is 4.72. The minimum atomic E-state index is -4.24. The van der Waals surface area contributed by atoms with Gasteiger partial charge in [-0.05, 0) is 89.1 Å². The summed E-state index contributed by atoms with van der Waals surface area (Å²) in [5, 5.41) is 0.422. The van der Waals surface area contributed by atoms with Crippen molar-refractivity contribution in [2.45, 2.75) is 31.1 Å². The smallest absolute Gasteiger partial charge is 0.284 e. The molecule has 0 radical (unpaired) electrons. The molecule has 0 N–H and O–H groups in total. The molecular formula is C29H26Br2ClN2O4PS. The fraction of sp³-hybridized carbons (Fsp3) is 0.172. The molecule has 0 spiro atoms. The number of rotatable bonds is 6. The van der Waals surface area contributed by atoms with E-state index in [9.17, 15) is 8.42 Å². The molecule has 208 valence electrons. The van der Waals surface area contributed by atoms with Gasteiger partial charge in [-0.1, -0.05) is 59.6 Å². The van der Waals surface area contributed by atoms with Crippen molar-refractivity contribution >= 4 is 72.0 Å². The second-order valence-electron chi connectivity index (χ2n) is 9.90. The number of furan rings is 1. The Morgan fingerprint density at radius 2 is 1.73 bits per heavy atom. The molecule has 11 heteroatoms. The highest BCUT2D eigenvalue weighted by atomic mass is 79.9. The first-order valence-electron chi connectivity index (χ1n) is 12.2. The van der Waals surface area contributed by atoms with Gasteiger partial charge in [0.05, 0.1) is 9.37 Å². The van der Waals surface area contributed by atoms with Gasteiger partial charge in [0.2, 0.25) is 7.28 Å². The van der Waals surface area contributed by atoms with Crippen molar-refractivity contribution in [1.29, 1.82) is 0 Å². The normalized spacial score (nSPS) is 17.0. The molecule has 5 rings (SSSR count). The summed E-state index contributed by atoms with van der Waals surface area (Å²) in [5.74, 6) is 2.89. The van der Waals surface area contributed by atoms with Crippen LogP contribution in [0.5, 0.6) is 5.75 Å². The molecule has 1 aromatic heterocycles. The summed E-state index contributed by atoms with van der Waals surface area (Å²) in [6, 6.07) is 23.0. The number of aryl methyl sites for hydroxylation is 1. The van der Waals surface area contributed by atoms with Gasteiger partial charge in [-0.2, -0.15) is 8.42 Å². The first kappa shape index (κ1) is 29.2. The highest BCUT2D eigenvalue weighted by molar-refractivity contribution is 9.11. The number of anilines is 1. The summed E-state index contributed by atoms with van der Waals surface area (Å²) >= 11 is 13.1. The van der Waals surface area contributed by atoms with E-state index in [0.717, 1.165) is 21.4 Å². The van der Waals surface area contributed by atoms with Crippen LogP contribution in [-0.2, 0) is 15.4 Å². The summed E-state index contributed by atoms with van der Waals surface area (Å²) in [6.07, 6.45) is 0. The summed E-state index contributed by atoms with van der Waals surface area (Å²) in [7, 11) is -5.87. The van der Waals surface area contributed by atoms with Crippen LogP contribution >= 0.6 is 50.7 Å². The van der Waals surface area contributed by atoms with Crippen LogP contribution in [0.2, 0.25) is 5.02 Å². The SMILES string of the molecule is Cc1ccc(P(/C=C2\N(C)c3ccccc3C2(C)C)(=NS(=O)(=O)c2ccc(Cl)cc2)Oc2ccc(Br)cc2Br)o1. The molecule has 2 heterocycles. The van der Waals surface area contributed by atoms with Gasteiger partial charge in [0.1, 0.15) is 11.5 Å². The predicted octanol–water partition coefficient (Wildman–Crippen LogP) is 9.24. The highest BCUT2D eigenvalue weighted by Crippen LogP contribution is 2.59. The lowest BCUT2D eigenvalue weighted by Gasteiger charge is -2.28. The molecule has 0 aliphatic carbocycles. The number of allylic oxidation sites excluding steroid dienone is 1.